The first kappa shape index (κ1) is 10.5. The topological polar surface area (TPSA) is 21.3 Å². The van der Waals surface area contributed by atoms with Crippen molar-refractivity contribution in [2.45, 2.75) is 32.3 Å². The van der Waals surface area contributed by atoms with Crippen LogP contribution in [-0.4, -0.2) is 19.2 Å². The lowest BCUT2D eigenvalue weighted by atomic mass is 10.1. The summed E-state index contributed by atoms with van der Waals surface area (Å²) in [5.74, 6) is 1.02. The summed E-state index contributed by atoms with van der Waals surface area (Å²) in [5.41, 5.74) is 1.34. The minimum Gasteiger partial charge on any atom is -0.489 e. The van der Waals surface area contributed by atoms with Crippen LogP contribution in [0.4, 0.5) is 0 Å². The third-order valence-corrected chi connectivity index (χ3v) is 2.86. The molecule has 0 unspecified atom stereocenters. The van der Waals surface area contributed by atoms with Crippen molar-refractivity contribution >= 4 is 0 Å². The van der Waals surface area contributed by atoms with Gasteiger partial charge in [-0.2, -0.15) is 0 Å². The summed E-state index contributed by atoms with van der Waals surface area (Å²) in [5, 5.41) is 3.36. The molecule has 0 aliphatic carbocycles. The van der Waals surface area contributed by atoms with Crippen molar-refractivity contribution in [3.63, 3.8) is 0 Å². The van der Waals surface area contributed by atoms with Gasteiger partial charge in [-0.1, -0.05) is 19.1 Å². The van der Waals surface area contributed by atoms with E-state index >= 15 is 0 Å². The van der Waals surface area contributed by atoms with Crippen LogP contribution in [0.15, 0.2) is 24.3 Å². The highest BCUT2D eigenvalue weighted by atomic mass is 16.5. The van der Waals surface area contributed by atoms with Crippen LogP contribution in [0, 0.1) is 0 Å². The fourth-order valence-electron chi connectivity index (χ4n) is 1.95. The Labute approximate surface area is 91.6 Å². The van der Waals surface area contributed by atoms with Crippen molar-refractivity contribution in [2.75, 3.05) is 13.1 Å². The number of aryl methyl sites for hydroxylation is 1. The van der Waals surface area contributed by atoms with Gasteiger partial charge in [0.15, 0.2) is 0 Å². The zero-order valence-corrected chi connectivity index (χ0v) is 9.33. The Balaban J connectivity index is 1.96. The third-order valence-electron chi connectivity index (χ3n) is 2.86. The Bertz CT molecular complexity index is 305. The molecular weight excluding hydrogens is 186 g/mol. The Kier molecular flexibility index (Phi) is 3.62. The summed E-state index contributed by atoms with van der Waals surface area (Å²) in [6.07, 6.45) is 3.81. The van der Waals surface area contributed by atoms with Gasteiger partial charge in [0, 0.05) is 6.54 Å². The number of nitrogens with one attached hydrogen (secondary N) is 1. The molecule has 1 N–H and O–H groups in total. The van der Waals surface area contributed by atoms with Crippen LogP contribution < -0.4 is 10.1 Å². The lowest BCUT2D eigenvalue weighted by Crippen LogP contribution is -2.37. The first-order valence-corrected chi connectivity index (χ1v) is 5.85. The molecular formula is C13H19NO. The van der Waals surface area contributed by atoms with Crippen molar-refractivity contribution in [1.82, 2.24) is 5.32 Å². The molecule has 1 aliphatic heterocycles. The van der Waals surface area contributed by atoms with E-state index < -0.39 is 0 Å². The molecule has 1 aliphatic rings. The van der Waals surface area contributed by atoms with Gasteiger partial charge < -0.3 is 10.1 Å². The van der Waals surface area contributed by atoms with Gasteiger partial charge in [-0.3, -0.25) is 0 Å². The fraction of sp³-hybridized carbons (Fsp3) is 0.538. The summed E-state index contributed by atoms with van der Waals surface area (Å²) in [4.78, 5) is 0. The van der Waals surface area contributed by atoms with Crippen LogP contribution in [0.2, 0.25) is 0 Å². The molecule has 0 radical (unpaired) electrons. The van der Waals surface area contributed by atoms with Gasteiger partial charge in [-0.15, -0.1) is 0 Å². The predicted octanol–water partition coefficient (Wildman–Crippen LogP) is 2.38. The Morgan fingerprint density at radius 2 is 2.40 bits per heavy atom. The molecule has 82 valence electrons. The van der Waals surface area contributed by atoms with Crippen LogP contribution in [0.3, 0.4) is 0 Å². The van der Waals surface area contributed by atoms with Crippen LogP contribution in [0.5, 0.6) is 5.75 Å². The molecule has 1 aromatic rings. The van der Waals surface area contributed by atoms with Gasteiger partial charge in [-0.25, -0.2) is 0 Å². The van der Waals surface area contributed by atoms with E-state index in [-0.39, 0.29) is 0 Å². The zero-order valence-electron chi connectivity index (χ0n) is 9.33. The quantitative estimate of drug-likeness (QED) is 0.818. The second-order valence-electron chi connectivity index (χ2n) is 4.09. The number of hydrogen-bond acceptors (Lipinski definition) is 2. The van der Waals surface area contributed by atoms with Gasteiger partial charge in [-0.05, 0) is 43.5 Å². The van der Waals surface area contributed by atoms with Crippen molar-refractivity contribution in [2.24, 2.45) is 0 Å². The molecule has 1 heterocycles. The van der Waals surface area contributed by atoms with E-state index in [9.17, 15) is 0 Å². The average molecular weight is 205 g/mol. The van der Waals surface area contributed by atoms with Crippen LogP contribution in [-0.2, 0) is 6.42 Å². The fourth-order valence-corrected chi connectivity index (χ4v) is 1.95. The van der Waals surface area contributed by atoms with Gasteiger partial charge in [0.05, 0.1) is 0 Å². The maximum Gasteiger partial charge on any atom is 0.120 e. The van der Waals surface area contributed by atoms with Gasteiger partial charge in [0.2, 0.25) is 0 Å². The summed E-state index contributed by atoms with van der Waals surface area (Å²) in [6.45, 7) is 4.28. The Morgan fingerprint density at radius 1 is 1.47 bits per heavy atom. The van der Waals surface area contributed by atoms with E-state index in [1.165, 1.54) is 18.4 Å². The number of piperidine rings is 1. The minimum atomic E-state index is 0.353. The maximum absolute atomic E-state index is 5.94. The molecule has 2 heteroatoms. The maximum atomic E-state index is 5.94. The van der Waals surface area contributed by atoms with Crippen molar-refractivity contribution in [3.05, 3.63) is 29.8 Å². The summed E-state index contributed by atoms with van der Waals surface area (Å²) in [6, 6.07) is 8.42. The van der Waals surface area contributed by atoms with E-state index in [1.54, 1.807) is 0 Å². The molecule has 1 aromatic carbocycles. The highest BCUT2D eigenvalue weighted by molar-refractivity contribution is 5.28. The number of hydrogen-bond donors (Lipinski definition) is 1. The number of ether oxygens (including phenoxy) is 1. The first-order chi connectivity index (χ1) is 7.38. The molecule has 1 atom stereocenters. The number of benzene rings is 1. The first-order valence-electron chi connectivity index (χ1n) is 5.85. The largest absolute Gasteiger partial charge is 0.489 e. The summed E-state index contributed by atoms with van der Waals surface area (Å²) in [7, 11) is 0. The molecule has 15 heavy (non-hydrogen) atoms. The SMILES string of the molecule is CCc1cccc(O[C@H]2CCCNC2)c1. The van der Waals surface area contributed by atoms with Crippen LogP contribution in [0.1, 0.15) is 25.3 Å². The molecule has 0 amide bonds. The van der Waals surface area contributed by atoms with E-state index in [0.29, 0.717) is 6.10 Å². The normalized spacial score (nSPS) is 21.3. The molecule has 1 saturated heterocycles. The van der Waals surface area contributed by atoms with Crippen molar-refractivity contribution < 1.29 is 4.74 Å². The van der Waals surface area contributed by atoms with Gasteiger partial charge in [0.25, 0.3) is 0 Å². The molecule has 1 fully saturated rings. The highest BCUT2D eigenvalue weighted by Crippen LogP contribution is 2.17. The van der Waals surface area contributed by atoms with E-state index in [0.717, 1.165) is 25.3 Å². The molecule has 0 saturated carbocycles. The highest BCUT2D eigenvalue weighted by Gasteiger charge is 2.13. The average Bonchev–Trinajstić information content (AvgIpc) is 2.31. The van der Waals surface area contributed by atoms with E-state index in [4.69, 9.17) is 4.74 Å². The predicted molar refractivity (Wildman–Crippen MR) is 62.3 cm³/mol. The van der Waals surface area contributed by atoms with Crippen molar-refractivity contribution in [3.8, 4) is 5.75 Å². The molecule has 0 aromatic heterocycles. The van der Waals surface area contributed by atoms with Crippen LogP contribution >= 0.6 is 0 Å². The lowest BCUT2D eigenvalue weighted by molar-refractivity contribution is 0.167. The molecule has 0 spiro atoms. The third kappa shape index (κ3) is 2.96. The zero-order chi connectivity index (χ0) is 10.5. The second-order valence-corrected chi connectivity index (χ2v) is 4.09. The molecule has 0 bridgehead atoms. The Morgan fingerprint density at radius 3 is 3.13 bits per heavy atom. The van der Waals surface area contributed by atoms with Gasteiger partial charge >= 0.3 is 0 Å². The summed E-state index contributed by atoms with van der Waals surface area (Å²) >= 11 is 0. The molecule has 2 nitrogen and oxygen atoms in total. The van der Waals surface area contributed by atoms with E-state index in [2.05, 4.69) is 30.4 Å². The number of rotatable bonds is 3. The standard InChI is InChI=1S/C13H19NO/c1-2-11-5-3-6-12(9-11)15-13-7-4-8-14-10-13/h3,5-6,9,13-14H,2,4,7-8,10H2,1H3/t13-/m0/s1. The smallest absolute Gasteiger partial charge is 0.120 e. The second kappa shape index (κ2) is 5.17. The Hall–Kier alpha value is -1.02. The summed E-state index contributed by atoms with van der Waals surface area (Å²) < 4.78 is 5.94. The van der Waals surface area contributed by atoms with Gasteiger partial charge in [0.1, 0.15) is 11.9 Å². The monoisotopic (exact) mass is 205 g/mol. The molecule has 2 rings (SSSR count). The van der Waals surface area contributed by atoms with E-state index in [1.807, 2.05) is 6.07 Å². The van der Waals surface area contributed by atoms with Crippen LogP contribution in [0.25, 0.3) is 0 Å². The van der Waals surface area contributed by atoms with Crippen molar-refractivity contribution in [1.29, 1.82) is 0 Å². The minimum absolute atomic E-state index is 0.353. The lowest BCUT2D eigenvalue weighted by Gasteiger charge is -2.24.